The number of ether oxygens (including phenoxy) is 3. The van der Waals surface area contributed by atoms with Gasteiger partial charge in [0.25, 0.3) is 0 Å². The number of alkyl carbamates (subject to hydrolysis) is 1. The molecule has 1 aromatic carbocycles. The Bertz CT molecular complexity index is 842. The largest absolute Gasteiger partial charge is 0.466 e. The van der Waals surface area contributed by atoms with Crippen LogP contribution in [0.3, 0.4) is 0 Å². The number of amides is 2. The SMILES string of the molecule is CCOC(=O)CC(=O)Nc1ccc(C[C@H](NC(=O)OC(C)(C)C)C(=O)OCC[Si](C)(C)C)cc1. The van der Waals surface area contributed by atoms with E-state index in [0.29, 0.717) is 12.3 Å². The smallest absolute Gasteiger partial charge is 0.408 e. The molecule has 10 heteroatoms. The second kappa shape index (κ2) is 13.1. The Morgan fingerprint density at radius 2 is 1.62 bits per heavy atom. The lowest BCUT2D eigenvalue weighted by Gasteiger charge is -2.23. The number of esters is 2. The predicted octanol–water partition coefficient (Wildman–Crippen LogP) is 3.90. The minimum absolute atomic E-state index is 0.183. The summed E-state index contributed by atoms with van der Waals surface area (Å²) >= 11 is 0. The van der Waals surface area contributed by atoms with Gasteiger partial charge in [0.05, 0.1) is 13.2 Å². The van der Waals surface area contributed by atoms with E-state index in [1.165, 1.54) is 0 Å². The molecule has 0 radical (unpaired) electrons. The topological polar surface area (TPSA) is 120 Å². The Balaban J connectivity index is 2.82. The maximum atomic E-state index is 12.7. The summed E-state index contributed by atoms with van der Waals surface area (Å²) in [6, 6.07) is 6.63. The highest BCUT2D eigenvalue weighted by atomic mass is 28.3. The third-order valence-corrected chi connectivity index (χ3v) is 6.06. The Morgan fingerprint density at radius 3 is 2.15 bits per heavy atom. The molecule has 0 aromatic heterocycles. The Labute approximate surface area is 202 Å². The zero-order chi connectivity index (χ0) is 25.9. The molecular formula is C24H38N2O7Si. The average molecular weight is 495 g/mol. The molecule has 0 spiro atoms. The molecule has 0 heterocycles. The second-order valence-corrected chi connectivity index (χ2v) is 15.7. The van der Waals surface area contributed by atoms with Gasteiger partial charge in [0.1, 0.15) is 18.1 Å². The Kier molecular flexibility index (Phi) is 11.2. The monoisotopic (exact) mass is 494 g/mol. The summed E-state index contributed by atoms with van der Waals surface area (Å²) in [6.07, 6.45) is -0.898. The zero-order valence-electron chi connectivity index (χ0n) is 21.3. The van der Waals surface area contributed by atoms with Gasteiger partial charge in [0.15, 0.2) is 0 Å². The molecule has 0 fully saturated rings. The second-order valence-electron chi connectivity index (χ2n) is 10.1. The normalized spacial score (nSPS) is 12.3. The van der Waals surface area contributed by atoms with Crippen molar-refractivity contribution in [3.05, 3.63) is 29.8 Å². The standard InChI is InChI=1S/C24H38N2O7Si/c1-8-31-21(28)16-20(27)25-18-11-9-17(10-12-18)15-19(26-23(30)33-24(2,3)4)22(29)32-13-14-34(5,6)7/h9-12,19H,8,13-16H2,1-7H3,(H,25,27)(H,26,30)/t19-/m0/s1. The van der Waals surface area contributed by atoms with Crippen LogP contribution in [-0.4, -0.2) is 56.9 Å². The molecule has 0 aliphatic rings. The Hall–Kier alpha value is -2.88. The summed E-state index contributed by atoms with van der Waals surface area (Å²) < 4.78 is 15.5. The van der Waals surface area contributed by atoms with Crippen molar-refractivity contribution in [3.63, 3.8) is 0 Å². The van der Waals surface area contributed by atoms with Crippen LogP contribution in [0.15, 0.2) is 24.3 Å². The maximum Gasteiger partial charge on any atom is 0.408 e. The fraction of sp³-hybridized carbons (Fsp3) is 0.583. The summed E-state index contributed by atoms with van der Waals surface area (Å²) in [5.41, 5.74) is 0.527. The van der Waals surface area contributed by atoms with Crippen molar-refractivity contribution >= 4 is 37.7 Å². The van der Waals surface area contributed by atoms with Gasteiger partial charge >= 0.3 is 18.0 Å². The van der Waals surface area contributed by atoms with Crippen molar-refractivity contribution in [1.82, 2.24) is 5.32 Å². The van der Waals surface area contributed by atoms with Gasteiger partial charge in [-0.2, -0.15) is 0 Å². The van der Waals surface area contributed by atoms with Crippen LogP contribution in [-0.2, 0) is 35.0 Å². The lowest BCUT2D eigenvalue weighted by Crippen LogP contribution is -2.45. The molecule has 0 saturated carbocycles. The molecular weight excluding hydrogens is 456 g/mol. The third kappa shape index (κ3) is 13.0. The van der Waals surface area contributed by atoms with Crippen LogP contribution in [0, 0.1) is 0 Å². The first-order valence-corrected chi connectivity index (χ1v) is 15.1. The molecule has 34 heavy (non-hydrogen) atoms. The van der Waals surface area contributed by atoms with Gasteiger partial charge in [-0.05, 0) is 51.4 Å². The number of nitrogens with one attached hydrogen (secondary N) is 2. The van der Waals surface area contributed by atoms with Crippen molar-refractivity contribution in [2.45, 2.75) is 77.9 Å². The van der Waals surface area contributed by atoms with E-state index in [2.05, 4.69) is 30.3 Å². The van der Waals surface area contributed by atoms with Crippen LogP contribution < -0.4 is 10.6 Å². The number of anilines is 1. The molecule has 0 bridgehead atoms. The summed E-state index contributed by atoms with van der Waals surface area (Å²) in [7, 11) is -1.38. The van der Waals surface area contributed by atoms with E-state index in [9.17, 15) is 19.2 Å². The van der Waals surface area contributed by atoms with Gasteiger partial charge in [-0.3, -0.25) is 9.59 Å². The molecule has 2 N–H and O–H groups in total. The van der Waals surface area contributed by atoms with Gasteiger partial charge in [-0.25, -0.2) is 9.59 Å². The number of hydrogen-bond acceptors (Lipinski definition) is 7. The summed E-state index contributed by atoms with van der Waals surface area (Å²) in [5, 5.41) is 5.22. The first-order valence-electron chi connectivity index (χ1n) is 11.4. The summed E-state index contributed by atoms with van der Waals surface area (Å²) in [6.45, 7) is 13.9. The molecule has 0 aliphatic carbocycles. The highest BCUT2D eigenvalue weighted by Crippen LogP contribution is 2.14. The number of carbonyl (C=O) groups is 4. The predicted molar refractivity (Wildman–Crippen MR) is 132 cm³/mol. The lowest BCUT2D eigenvalue weighted by atomic mass is 10.1. The van der Waals surface area contributed by atoms with Gasteiger partial charge in [-0.15, -0.1) is 0 Å². The van der Waals surface area contributed by atoms with Crippen LogP contribution in [0.5, 0.6) is 0 Å². The molecule has 1 aromatic rings. The number of carbonyl (C=O) groups excluding carboxylic acids is 4. The van der Waals surface area contributed by atoms with E-state index < -0.39 is 43.7 Å². The molecule has 9 nitrogen and oxygen atoms in total. The van der Waals surface area contributed by atoms with E-state index in [4.69, 9.17) is 14.2 Å². The fourth-order valence-electron chi connectivity index (χ4n) is 2.71. The van der Waals surface area contributed by atoms with E-state index in [0.717, 1.165) is 11.6 Å². The fourth-order valence-corrected chi connectivity index (χ4v) is 3.42. The molecule has 0 aliphatic heterocycles. The van der Waals surface area contributed by atoms with Crippen molar-refractivity contribution in [1.29, 1.82) is 0 Å². The van der Waals surface area contributed by atoms with Gasteiger partial charge in [0, 0.05) is 20.2 Å². The molecule has 0 saturated heterocycles. The highest BCUT2D eigenvalue weighted by molar-refractivity contribution is 6.76. The van der Waals surface area contributed by atoms with Crippen molar-refractivity contribution in [2.75, 3.05) is 18.5 Å². The van der Waals surface area contributed by atoms with Crippen LogP contribution in [0.4, 0.5) is 10.5 Å². The first kappa shape index (κ1) is 29.1. The molecule has 2 amide bonds. The quantitative estimate of drug-likeness (QED) is 0.207. The maximum absolute atomic E-state index is 12.7. The molecule has 0 unspecified atom stereocenters. The van der Waals surface area contributed by atoms with Crippen LogP contribution in [0.1, 0.15) is 39.7 Å². The molecule has 1 rings (SSSR count). The Morgan fingerprint density at radius 1 is 1.00 bits per heavy atom. The van der Waals surface area contributed by atoms with Crippen molar-refractivity contribution in [2.24, 2.45) is 0 Å². The van der Waals surface area contributed by atoms with E-state index in [1.807, 2.05) is 0 Å². The van der Waals surface area contributed by atoms with Crippen molar-refractivity contribution < 1.29 is 33.4 Å². The van der Waals surface area contributed by atoms with Gasteiger partial charge in [0.2, 0.25) is 5.91 Å². The zero-order valence-corrected chi connectivity index (χ0v) is 22.3. The average Bonchev–Trinajstić information content (AvgIpc) is 2.66. The van der Waals surface area contributed by atoms with Crippen LogP contribution in [0.2, 0.25) is 25.7 Å². The van der Waals surface area contributed by atoms with E-state index >= 15 is 0 Å². The van der Waals surface area contributed by atoms with Crippen LogP contribution in [0.25, 0.3) is 0 Å². The first-order chi connectivity index (χ1) is 15.7. The molecule has 1 atom stereocenters. The van der Waals surface area contributed by atoms with E-state index in [1.54, 1.807) is 52.0 Å². The van der Waals surface area contributed by atoms with Crippen LogP contribution >= 0.6 is 0 Å². The molecule has 190 valence electrons. The third-order valence-electron chi connectivity index (χ3n) is 4.36. The van der Waals surface area contributed by atoms with Gasteiger partial charge in [-0.1, -0.05) is 31.8 Å². The van der Waals surface area contributed by atoms with Crippen molar-refractivity contribution in [3.8, 4) is 0 Å². The summed E-state index contributed by atoms with van der Waals surface area (Å²) in [5.74, 6) is -1.61. The minimum atomic E-state index is -1.38. The minimum Gasteiger partial charge on any atom is -0.466 e. The van der Waals surface area contributed by atoms with E-state index in [-0.39, 0.29) is 19.4 Å². The summed E-state index contributed by atoms with van der Waals surface area (Å²) in [4.78, 5) is 48.4. The highest BCUT2D eigenvalue weighted by Gasteiger charge is 2.26. The number of rotatable bonds is 11. The lowest BCUT2D eigenvalue weighted by molar-refractivity contribution is -0.146. The number of hydrogen-bond donors (Lipinski definition) is 2. The number of benzene rings is 1. The van der Waals surface area contributed by atoms with Gasteiger partial charge < -0.3 is 24.8 Å².